The molecule has 3 nitrogen and oxygen atoms in total. The van der Waals surface area contributed by atoms with E-state index in [0.717, 1.165) is 17.1 Å². The third-order valence-corrected chi connectivity index (χ3v) is 3.63. The zero-order chi connectivity index (χ0) is 13.9. The SMILES string of the molecule is CCNC(c1ccc(Cl)cc1)c1cnn2ccccc12. The van der Waals surface area contributed by atoms with Crippen LogP contribution >= 0.6 is 11.6 Å². The molecule has 0 amide bonds. The number of hydrogen-bond donors (Lipinski definition) is 1. The molecule has 20 heavy (non-hydrogen) atoms. The molecule has 0 saturated heterocycles. The van der Waals surface area contributed by atoms with Crippen LogP contribution in [0.15, 0.2) is 54.9 Å². The molecule has 0 aliphatic heterocycles. The van der Waals surface area contributed by atoms with Crippen LogP contribution in [-0.2, 0) is 0 Å². The van der Waals surface area contributed by atoms with E-state index >= 15 is 0 Å². The lowest BCUT2D eigenvalue weighted by atomic mass is 10.00. The smallest absolute Gasteiger partial charge is 0.0712 e. The van der Waals surface area contributed by atoms with Crippen molar-refractivity contribution >= 4 is 17.1 Å². The van der Waals surface area contributed by atoms with E-state index in [1.165, 1.54) is 11.1 Å². The van der Waals surface area contributed by atoms with Gasteiger partial charge in [-0.05, 0) is 36.4 Å². The lowest BCUT2D eigenvalue weighted by molar-refractivity contribution is 0.634. The van der Waals surface area contributed by atoms with Crippen LogP contribution in [0.1, 0.15) is 24.1 Å². The fourth-order valence-electron chi connectivity index (χ4n) is 2.44. The van der Waals surface area contributed by atoms with Crippen LogP contribution in [0.25, 0.3) is 5.52 Å². The molecule has 2 heterocycles. The van der Waals surface area contributed by atoms with Gasteiger partial charge in [0.15, 0.2) is 0 Å². The molecule has 4 heteroatoms. The van der Waals surface area contributed by atoms with Crippen LogP contribution in [0.2, 0.25) is 5.02 Å². The Morgan fingerprint density at radius 3 is 2.75 bits per heavy atom. The minimum atomic E-state index is 0.122. The Morgan fingerprint density at radius 2 is 2.00 bits per heavy atom. The molecular weight excluding hydrogens is 270 g/mol. The number of fused-ring (bicyclic) bond motifs is 1. The van der Waals surface area contributed by atoms with E-state index in [2.05, 4.69) is 35.5 Å². The zero-order valence-electron chi connectivity index (χ0n) is 11.3. The Labute approximate surface area is 123 Å². The van der Waals surface area contributed by atoms with Crippen LogP contribution in [-0.4, -0.2) is 16.2 Å². The number of nitrogens with one attached hydrogen (secondary N) is 1. The molecule has 102 valence electrons. The molecular formula is C16H16ClN3. The van der Waals surface area contributed by atoms with Gasteiger partial charge in [0.1, 0.15) is 0 Å². The first-order valence-electron chi connectivity index (χ1n) is 6.70. The zero-order valence-corrected chi connectivity index (χ0v) is 12.0. The summed E-state index contributed by atoms with van der Waals surface area (Å²) in [7, 11) is 0. The number of hydrogen-bond acceptors (Lipinski definition) is 2. The fraction of sp³-hybridized carbons (Fsp3) is 0.188. The predicted molar refractivity (Wildman–Crippen MR) is 82.2 cm³/mol. The number of benzene rings is 1. The third-order valence-electron chi connectivity index (χ3n) is 3.38. The van der Waals surface area contributed by atoms with E-state index in [-0.39, 0.29) is 6.04 Å². The van der Waals surface area contributed by atoms with Crippen molar-refractivity contribution in [2.75, 3.05) is 6.54 Å². The molecule has 0 fully saturated rings. The minimum absolute atomic E-state index is 0.122. The summed E-state index contributed by atoms with van der Waals surface area (Å²) in [5.41, 5.74) is 3.48. The van der Waals surface area contributed by atoms with Crippen molar-refractivity contribution in [1.82, 2.24) is 14.9 Å². The molecule has 3 rings (SSSR count). The second-order valence-electron chi connectivity index (χ2n) is 4.67. The van der Waals surface area contributed by atoms with E-state index in [9.17, 15) is 0 Å². The maximum atomic E-state index is 5.98. The molecule has 0 aliphatic rings. The van der Waals surface area contributed by atoms with Gasteiger partial charge in [-0.1, -0.05) is 36.7 Å². The number of nitrogens with zero attached hydrogens (tertiary/aromatic N) is 2. The van der Waals surface area contributed by atoms with Crippen LogP contribution in [0.5, 0.6) is 0 Å². The van der Waals surface area contributed by atoms with Crippen molar-refractivity contribution in [1.29, 1.82) is 0 Å². The normalized spacial score (nSPS) is 12.7. The van der Waals surface area contributed by atoms with Gasteiger partial charge in [0.05, 0.1) is 17.8 Å². The molecule has 1 atom stereocenters. The van der Waals surface area contributed by atoms with Crippen LogP contribution in [0.3, 0.4) is 0 Å². The summed E-state index contributed by atoms with van der Waals surface area (Å²) in [6, 6.07) is 14.2. The quantitative estimate of drug-likeness (QED) is 0.792. The molecule has 0 spiro atoms. The molecule has 0 saturated carbocycles. The van der Waals surface area contributed by atoms with Gasteiger partial charge in [-0.25, -0.2) is 4.52 Å². The Hall–Kier alpha value is -1.84. The predicted octanol–water partition coefficient (Wildman–Crippen LogP) is 3.69. The van der Waals surface area contributed by atoms with Gasteiger partial charge in [-0.2, -0.15) is 5.10 Å². The van der Waals surface area contributed by atoms with E-state index in [1.54, 1.807) is 0 Å². The summed E-state index contributed by atoms with van der Waals surface area (Å²) in [6.07, 6.45) is 3.89. The summed E-state index contributed by atoms with van der Waals surface area (Å²) in [5, 5.41) is 8.69. The number of aromatic nitrogens is 2. The first kappa shape index (κ1) is 13.2. The summed E-state index contributed by atoms with van der Waals surface area (Å²) in [5.74, 6) is 0. The molecule has 1 unspecified atom stereocenters. The highest BCUT2D eigenvalue weighted by molar-refractivity contribution is 6.30. The number of halogens is 1. The minimum Gasteiger partial charge on any atom is -0.306 e. The average molecular weight is 286 g/mol. The highest BCUT2D eigenvalue weighted by Gasteiger charge is 2.17. The lowest BCUT2D eigenvalue weighted by Crippen LogP contribution is -2.21. The maximum absolute atomic E-state index is 5.98. The Bertz CT molecular complexity index is 703. The topological polar surface area (TPSA) is 29.3 Å². The molecule has 1 N–H and O–H groups in total. The number of rotatable bonds is 4. The van der Waals surface area contributed by atoms with Crippen molar-refractivity contribution in [3.05, 3.63) is 71.0 Å². The van der Waals surface area contributed by atoms with Gasteiger partial charge < -0.3 is 5.32 Å². The van der Waals surface area contributed by atoms with Gasteiger partial charge >= 0.3 is 0 Å². The Morgan fingerprint density at radius 1 is 1.20 bits per heavy atom. The highest BCUT2D eigenvalue weighted by atomic mass is 35.5. The van der Waals surface area contributed by atoms with E-state index in [0.29, 0.717) is 0 Å². The maximum Gasteiger partial charge on any atom is 0.0712 e. The van der Waals surface area contributed by atoms with Gasteiger partial charge in [-0.3, -0.25) is 0 Å². The summed E-state index contributed by atoms with van der Waals surface area (Å²) < 4.78 is 1.90. The molecule has 0 radical (unpaired) electrons. The van der Waals surface area contributed by atoms with Crippen molar-refractivity contribution in [2.24, 2.45) is 0 Å². The summed E-state index contributed by atoms with van der Waals surface area (Å²) in [6.45, 7) is 2.99. The third kappa shape index (κ3) is 2.42. The summed E-state index contributed by atoms with van der Waals surface area (Å²) >= 11 is 5.98. The molecule has 1 aromatic carbocycles. The Kier molecular flexibility index (Phi) is 3.72. The second kappa shape index (κ2) is 5.65. The van der Waals surface area contributed by atoms with Crippen molar-refractivity contribution < 1.29 is 0 Å². The van der Waals surface area contributed by atoms with Crippen molar-refractivity contribution in [3.63, 3.8) is 0 Å². The average Bonchev–Trinajstić information content (AvgIpc) is 2.90. The fourth-order valence-corrected chi connectivity index (χ4v) is 2.57. The van der Waals surface area contributed by atoms with Gasteiger partial charge in [0, 0.05) is 16.8 Å². The van der Waals surface area contributed by atoms with Crippen molar-refractivity contribution in [2.45, 2.75) is 13.0 Å². The monoisotopic (exact) mass is 285 g/mol. The highest BCUT2D eigenvalue weighted by Crippen LogP contribution is 2.26. The lowest BCUT2D eigenvalue weighted by Gasteiger charge is -2.17. The molecule has 0 aliphatic carbocycles. The molecule has 2 aromatic heterocycles. The van der Waals surface area contributed by atoms with E-state index in [4.69, 9.17) is 11.6 Å². The van der Waals surface area contributed by atoms with E-state index in [1.807, 2.05) is 41.2 Å². The molecule has 0 bridgehead atoms. The van der Waals surface area contributed by atoms with Crippen molar-refractivity contribution in [3.8, 4) is 0 Å². The van der Waals surface area contributed by atoms with Crippen LogP contribution in [0, 0.1) is 0 Å². The van der Waals surface area contributed by atoms with Gasteiger partial charge in [0.2, 0.25) is 0 Å². The standard InChI is InChI=1S/C16H16ClN3/c1-2-18-16(12-6-8-13(17)9-7-12)14-11-19-20-10-4-3-5-15(14)20/h3-11,16,18H,2H2,1H3. The van der Waals surface area contributed by atoms with Crippen LogP contribution < -0.4 is 5.32 Å². The van der Waals surface area contributed by atoms with Gasteiger partial charge in [0.25, 0.3) is 0 Å². The summed E-state index contributed by atoms with van der Waals surface area (Å²) in [4.78, 5) is 0. The largest absolute Gasteiger partial charge is 0.306 e. The Balaban J connectivity index is 2.08. The molecule has 3 aromatic rings. The van der Waals surface area contributed by atoms with E-state index < -0.39 is 0 Å². The van der Waals surface area contributed by atoms with Gasteiger partial charge in [-0.15, -0.1) is 0 Å². The first-order valence-corrected chi connectivity index (χ1v) is 7.08. The number of pyridine rings is 1. The second-order valence-corrected chi connectivity index (χ2v) is 5.11. The van der Waals surface area contributed by atoms with Crippen LogP contribution in [0.4, 0.5) is 0 Å². The first-order chi connectivity index (χ1) is 9.79.